The van der Waals surface area contributed by atoms with Gasteiger partial charge >= 0.3 is 6.09 Å². The Morgan fingerprint density at radius 1 is 0.686 bits per heavy atom. The zero-order chi connectivity index (χ0) is 36.9. The quantitative estimate of drug-likeness (QED) is 0.0585. The van der Waals surface area contributed by atoms with Crippen molar-refractivity contribution in [2.75, 3.05) is 13.2 Å². The van der Waals surface area contributed by atoms with Crippen LogP contribution < -0.4 is 5.32 Å². The van der Waals surface area contributed by atoms with Gasteiger partial charge in [-0.15, -0.1) is 0 Å². The van der Waals surface area contributed by atoms with Crippen molar-refractivity contribution in [1.82, 2.24) is 10.2 Å². The molecule has 1 fully saturated rings. The second kappa shape index (κ2) is 29.3. The van der Waals surface area contributed by atoms with Crippen LogP contribution in [-0.2, 0) is 20.9 Å². The van der Waals surface area contributed by atoms with E-state index in [2.05, 4.69) is 19.2 Å². The van der Waals surface area contributed by atoms with Crippen molar-refractivity contribution in [3.63, 3.8) is 0 Å². The first-order valence-corrected chi connectivity index (χ1v) is 20.8. The number of nitrogens with one attached hydrogen (secondary N) is 1. The highest BCUT2D eigenvalue weighted by Gasteiger charge is 2.48. The summed E-state index contributed by atoms with van der Waals surface area (Å²) in [5.41, 5.74) is 0.806. The van der Waals surface area contributed by atoms with Crippen molar-refractivity contribution < 1.29 is 34.4 Å². The van der Waals surface area contributed by atoms with Crippen LogP contribution in [0.25, 0.3) is 0 Å². The van der Waals surface area contributed by atoms with Crippen molar-refractivity contribution in [1.29, 1.82) is 0 Å². The summed E-state index contributed by atoms with van der Waals surface area (Å²) in [7, 11) is 0. The number of amides is 2. The standard InChI is InChI=1S/C42H74N2O7/c1-3-5-7-9-11-13-15-17-19-21-23-28-32-44(37(46)31-27-22-20-18-16-14-12-10-8-6-4-2)41-38(40(48)39(47)36(33-45)51-41)43-42(49)50-34-35-29-25-24-26-30-35/h24-26,29-30,36,38-41,45,47-48H,3-23,27-28,31-34H2,1-2H3,(H,43,49)/t36-,38-,39+,40-,41?/m1/s1. The summed E-state index contributed by atoms with van der Waals surface area (Å²) in [5.74, 6) is -0.108. The second-order valence-corrected chi connectivity index (χ2v) is 14.7. The molecule has 0 radical (unpaired) electrons. The Morgan fingerprint density at radius 3 is 1.65 bits per heavy atom. The number of carbonyl (C=O) groups is 2. The molecule has 0 spiro atoms. The predicted molar refractivity (Wildman–Crippen MR) is 205 cm³/mol. The number of alkyl carbamates (subject to hydrolysis) is 1. The molecule has 0 aromatic heterocycles. The lowest BCUT2D eigenvalue weighted by Crippen LogP contribution is -2.68. The van der Waals surface area contributed by atoms with Crippen molar-refractivity contribution in [3.05, 3.63) is 35.9 Å². The van der Waals surface area contributed by atoms with Crippen LogP contribution in [0.2, 0.25) is 0 Å². The maximum absolute atomic E-state index is 13.9. The Bertz CT molecular complexity index is 997. The number of hydrogen-bond acceptors (Lipinski definition) is 7. The summed E-state index contributed by atoms with van der Waals surface area (Å²) in [6, 6.07) is 8.13. The van der Waals surface area contributed by atoms with Crippen LogP contribution in [0.4, 0.5) is 4.79 Å². The molecule has 1 unspecified atom stereocenters. The Hall–Kier alpha value is -2.20. The highest BCUT2D eigenvalue weighted by molar-refractivity contribution is 5.76. The third-order valence-electron chi connectivity index (χ3n) is 10.3. The number of benzene rings is 1. The largest absolute Gasteiger partial charge is 0.445 e. The van der Waals surface area contributed by atoms with E-state index in [9.17, 15) is 24.9 Å². The Labute approximate surface area is 310 Å². The first-order chi connectivity index (χ1) is 24.9. The van der Waals surface area contributed by atoms with E-state index in [0.717, 1.165) is 50.5 Å². The van der Waals surface area contributed by atoms with Gasteiger partial charge in [-0.2, -0.15) is 0 Å². The first kappa shape index (κ1) is 45.0. The fourth-order valence-electron chi connectivity index (χ4n) is 7.02. The molecule has 0 bridgehead atoms. The SMILES string of the molecule is CCCCCCCCCCCCCCN(C(=O)CCCCCCCCCCCCC)C1O[C@H](CO)[C@H](O)[C@H](O)[C@H]1NC(=O)OCc1ccccc1. The van der Waals surface area contributed by atoms with E-state index in [0.29, 0.717) is 13.0 Å². The smallest absolute Gasteiger partial charge is 0.407 e. The minimum Gasteiger partial charge on any atom is -0.445 e. The minimum atomic E-state index is -1.47. The number of ether oxygens (including phenoxy) is 2. The molecule has 0 aliphatic carbocycles. The molecule has 4 N–H and O–H groups in total. The molecule has 2 amide bonds. The topological polar surface area (TPSA) is 129 Å². The highest BCUT2D eigenvalue weighted by atomic mass is 16.6. The number of nitrogens with zero attached hydrogens (tertiary/aromatic N) is 1. The Morgan fingerprint density at radius 2 is 1.16 bits per heavy atom. The summed E-state index contributed by atoms with van der Waals surface area (Å²) in [6.45, 7) is 4.39. The van der Waals surface area contributed by atoms with E-state index < -0.39 is 43.3 Å². The van der Waals surface area contributed by atoms with Gasteiger partial charge in [0, 0.05) is 13.0 Å². The van der Waals surface area contributed by atoms with Gasteiger partial charge in [-0.05, 0) is 18.4 Å². The fraction of sp³-hybridized carbons (Fsp3) is 0.810. The van der Waals surface area contributed by atoms with E-state index in [1.165, 1.54) is 103 Å². The summed E-state index contributed by atoms with van der Waals surface area (Å²) in [4.78, 5) is 28.4. The van der Waals surface area contributed by atoms with Gasteiger partial charge in [0.2, 0.25) is 5.91 Å². The Kier molecular flexibility index (Phi) is 25.8. The molecule has 51 heavy (non-hydrogen) atoms. The zero-order valence-electron chi connectivity index (χ0n) is 32.3. The molecule has 1 aliphatic rings. The van der Waals surface area contributed by atoms with Gasteiger partial charge in [-0.25, -0.2) is 4.79 Å². The first-order valence-electron chi connectivity index (χ1n) is 20.8. The van der Waals surface area contributed by atoms with Crippen LogP contribution in [0, 0.1) is 0 Å². The van der Waals surface area contributed by atoms with Gasteiger partial charge < -0.3 is 35.0 Å². The normalized spacial score (nSPS) is 20.3. The number of hydrogen-bond donors (Lipinski definition) is 4. The molecule has 1 aromatic carbocycles. The molecule has 2 rings (SSSR count). The van der Waals surface area contributed by atoms with Crippen molar-refractivity contribution in [3.8, 4) is 0 Å². The van der Waals surface area contributed by atoms with E-state index in [4.69, 9.17) is 9.47 Å². The van der Waals surface area contributed by atoms with E-state index in [-0.39, 0.29) is 12.5 Å². The maximum Gasteiger partial charge on any atom is 0.407 e. The van der Waals surface area contributed by atoms with Crippen molar-refractivity contribution >= 4 is 12.0 Å². The molecular weight excluding hydrogens is 644 g/mol. The lowest BCUT2D eigenvalue weighted by Gasteiger charge is -2.46. The molecule has 1 aromatic rings. The molecule has 5 atom stereocenters. The zero-order valence-corrected chi connectivity index (χ0v) is 32.3. The van der Waals surface area contributed by atoms with Crippen LogP contribution >= 0.6 is 0 Å². The summed E-state index contributed by atoms with van der Waals surface area (Å²) in [5, 5.41) is 34.6. The fourth-order valence-corrected chi connectivity index (χ4v) is 7.02. The monoisotopic (exact) mass is 719 g/mol. The molecular formula is C42H74N2O7. The summed E-state index contributed by atoms with van der Waals surface area (Å²) >= 11 is 0. The molecule has 1 saturated heterocycles. The molecule has 294 valence electrons. The van der Waals surface area contributed by atoms with Crippen LogP contribution in [0.3, 0.4) is 0 Å². The van der Waals surface area contributed by atoms with Gasteiger partial charge in [0.15, 0.2) is 6.23 Å². The van der Waals surface area contributed by atoms with E-state index in [1.807, 2.05) is 30.3 Å². The van der Waals surface area contributed by atoms with Gasteiger partial charge in [0.1, 0.15) is 31.0 Å². The third-order valence-corrected chi connectivity index (χ3v) is 10.3. The number of unbranched alkanes of at least 4 members (excludes halogenated alkanes) is 21. The number of aliphatic hydroxyl groups is 3. The van der Waals surface area contributed by atoms with Crippen LogP contribution in [0.5, 0.6) is 0 Å². The maximum atomic E-state index is 13.9. The van der Waals surface area contributed by atoms with Gasteiger partial charge in [0.05, 0.1) is 6.61 Å². The number of aliphatic hydroxyl groups excluding tert-OH is 3. The average molecular weight is 719 g/mol. The lowest BCUT2D eigenvalue weighted by atomic mass is 9.95. The van der Waals surface area contributed by atoms with Gasteiger partial charge in [0.25, 0.3) is 0 Å². The third kappa shape index (κ3) is 19.4. The van der Waals surface area contributed by atoms with Gasteiger partial charge in [-0.1, -0.05) is 179 Å². The Balaban J connectivity index is 1.96. The van der Waals surface area contributed by atoms with E-state index in [1.54, 1.807) is 4.90 Å². The highest BCUT2D eigenvalue weighted by Crippen LogP contribution is 2.26. The minimum absolute atomic E-state index is 0.0309. The molecule has 9 nitrogen and oxygen atoms in total. The van der Waals surface area contributed by atoms with Crippen LogP contribution in [-0.4, -0.2) is 76.0 Å². The lowest BCUT2D eigenvalue weighted by molar-refractivity contribution is -0.230. The molecule has 0 saturated carbocycles. The molecule has 1 heterocycles. The summed E-state index contributed by atoms with van der Waals surface area (Å²) in [6.07, 6.45) is 21.9. The van der Waals surface area contributed by atoms with Crippen molar-refractivity contribution in [2.24, 2.45) is 0 Å². The van der Waals surface area contributed by atoms with Crippen LogP contribution in [0.15, 0.2) is 30.3 Å². The number of rotatable bonds is 30. The molecule has 1 aliphatic heterocycles. The second-order valence-electron chi connectivity index (χ2n) is 14.7. The average Bonchev–Trinajstić information content (AvgIpc) is 3.14. The molecule has 9 heteroatoms. The van der Waals surface area contributed by atoms with Crippen LogP contribution in [0.1, 0.15) is 174 Å². The van der Waals surface area contributed by atoms with E-state index >= 15 is 0 Å². The van der Waals surface area contributed by atoms with Gasteiger partial charge in [-0.3, -0.25) is 4.79 Å². The predicted octanol–water partition coefficient (Wildman–Crippen LogP) is 8.95. The van der Waals surface area contributed by atoms with Crippen molar-refractivity contribution in [2.45, 2.75) is 205 Å². The number of carbonyl (C=O) groups excluding carboxylic acids is 2. The summed E-state index contributed by atoms with van der Waals surface area (Å²) < 4.78 is 11.5.